The van der Waals surface area contributed by atoms with Gasteiger partial charge in [-0.25, -0.2) is 0 Å². The summed E-state index contributed by atoms with van der Waals surface area (Å²) in [5.41, 5.74) is 0.653. The number of nitro groups is 1. The highest BCUT2D eigenvalue weighted by atomic mass is 32.2. The molecule has 0 aliphatic heterocycles. The number of carbonyl (C=O) groups excluding carboxylic acids is 1. The monoisotopic (exact) mass is 453 g/mol. The number of carbonyl (C=O) groups is 1. The molecule has 4 fully saturated rings. The Labute approximate surface area is 191 Å². The van der Waals surface area contributed by atoms with Crippen LogP contribution in [-0.4, -0.2) is 31.3 Å². The van der Waals surface area contributed by atoms with E-state index in [0.717, 1.165) is 28.7 Å². The minimum atomic E-state index is -0.463. The van der Waals surface area contributed by atoms with Gasteiger partial charge in [0.15, 0.2) is 5.16 Å². The molecule has 2 aromatic rings. The van der Waals surface area contributed by atoms with Crippen LogP contribution in [0.4, 0.5) is 11.4 Å². The number of allylic oxidation sites excluding steroid dienone is 1. The lowest BCUT2D eigenvalue weighted by atomic mass is 9.49. The van der Waals surface area contributed by atoms with Gasteiger partial charge in [-0.3, -0.25) is 14.9 Å². The van der Waals surface area contributed by atoms with E-state index in [1.165, 1.54) is 74.6 Å². The van der Waals surface area contributed by atoms with Gasteiger partial charge in [-0.1, -0.05) is 17.8 Å². The quantitative estimate of drug-likeness (QED) is 0.272. The summed E-state index contributed by atoms with van der Waals surface area (Å²) in [7, 11) is 0. The van der Waals surface area contributed by atoms with Crippen LogP contribution in [0.3, 0.4) is 0 Å². The Kier molecular flexibility index (Phi) is 5.53. The van der Waals surface area contributed by atoms with E-state index in [4.69, 9.17) is 0 Å². The number of hydrogen-bond acceptors (Lipinski definition) is 6. The number of rotatable bonds is 8. The summed E-state index contributed by atoms with van der Waals surface area (Å²) in [6.45, 7) is 4.56. The first-order chi connectivity index (χ1) is 15.5. The molecular weight excluding hydrogens is 426 g/mol. The van der Waals surface area contributed by atoms with E-state index in [2.05, 4.69) is 26.7 Å². The van der Waals surface area contributed by atoms with E-state index in [-0.39, 0.29) is 22.8 Å². The van der Waals surface area contributed by atoms with E-state index in [0.29, 0.717) is 12.2 Å². The number of aromatic nitrogens is 3. The highest BCUT2D eigenvalue weighted by Gasteiger charge is 2.53. The first-order valence-corrected chi connectivity index (χ1v) is 12.2. The average molecular weight is 454 g/mol. The third-order valence-electron chi connectivity index (χ3n) is 7.24. The molecule has 1 heterocycles. The van der Waals surface area contributed by atoms with Crippen molar-refractivity contribution in [3.63, 3.8) is 0 Å². The van der Waals surface area contributed by atoms with Crippen LogP contribution >= 0.6 is 11.8 Å². The molecule has 1 amide bonds. The molecule has 0 atom stereocenters. The molecule has 4 aliphatic carbocycles. The molecule has 4 aliphatic rings. The molecule has 1 aromatic carbocycles. The predicted molar refractivity (Wildman–Crippen MR) is 123 cm³/mol. The van der Waals surface area contributed by atoms with E-state index in [1.54, 1.807) is 0 Å². The summed E-state index contributed by atoms with van der Waals surface area (Å²) in [4.78, 5) is 22.8. The van der Waals surface area contributed by atoms with Crippen LogP contribution in [0.1, 0.15) is 44.3 Å². The first kappa shape index (κ1) is 21.2. The molecule has 0 spiro atoms. The summed E-state index contributed by atoms with van der Waals surface area (Å²) >= 11 is 1.37. The Balaban J connectivity index is 1.28. The molecule has 8 nitrogen and oxygen atoms in total. The van der Waals surface area contributed by atoms with Crippen molar-refractivity contribution in [2.75, 3.05) is 11.1 Å². The summed E-state index contributed by atoms with van der Waals surface area (Å²) in [5, 5.41) is 23.4. The van der Waals surface area contributed by atoms with Gasteiger partial charge < -0.3 is 9.88 Å². The Morgan fingerprint density at radius 2 is 1.81 bits per heavy atom. The van der Waals surface area contributed by atoms with Crippen molar-refractivity contribution in [1.82, 2.24) is 14.8 Å². The van der Waals surface area contributed by atoms with Crippen molar-refractivity contribution in [1.29, 1.82) is 0 Å². The molecule has 0 saturated heterocycles. The number of hydrogen-bond donors (Lipinski definition) is 1. The van der Waals surface area contributed by atoms with Crippen LogP contribution < -0.4 is 5.32 Å². The maximum absolute atomic E-state index is 12.5. The molecule has 168 valence electrons. The number of benzene rings is 1. The summed E-state index contributed by atoms with van der Waals surface area (Å²) < 4.78 is 2.16. The zero-order valence-corrected chi connectivity index (χ0v) is 18.7. The molecule has 4 saturated carbocycles. The molecule has 1 N–H and O–H groups in total. The van der Waals surface area contributed by atoms with Gasteiger partial charge in [-0.2, -0.15) is 0 Å². The fraction of sp³-hybridized carbons (Fsp3) is 0.522. The zero-order chi connectivity index (χ0) is 22.3. The first-order valence-electron chi connectivity index (χ1n) is 11.2. The van der Waals surface area contributed by atoms with Gasteiger partial charge in [0.05, 0.1) is 10.7 Å². The number of non-ortho nitro benzene ring substituents is 1. The third kappa shape index (κ3) is 3.94. The Bertz CT molecular complexity index is 1010. The van der Waals surface area contributed by atoms with Gasteiger partial charge >= 0.3 is 0 Å². The minimum Gasteiger partial charge on any atom is -0.325 e. The molecule has 6 rings (SSSR count). The fourth-order valence-corrected chi connectivity index (χ4v) is 7.21. The fourth-order valence-electron chi connectivity index (χ4n) is 6.46. The van der Waals surface area contributed by atoms with Gasteiger partial charge in [-0.05, 0) is 68.4 Å². The van der Waals surface area contributed by atoms with Crippen LogP contribution in [0.2, 0.25) is 0 Å². The van der Waals surface area contributed by atoms with E-state index >= 15 is 0 Å². The second-order valence-corrected chi connectivity index (χ2v) is 10.5. The normalized spacial score (nSPS) is 27.9. The third-order valence-corrected chi connectivity index (χ3v) is 8.20. The molecule has 0 radical (unpaired) electrons. The van der Waals surface area contributed by atoms with Gasteiger partial charge in [0.1, 0.15) is 5.82 Å². The highest BCUT2D eigenvalue weighted by Crippen LogP contribution is 2.60. The zero-order valence-electron chi connectivity index (χ0n) is 17.9. The van der Waals surface area contributed by atoms with Gasteiger partial charge in [0.2, 0.25) is 5.91 Å². The lowest BCUT2D eigenvalue weighted by Gasteiger charge is -2.56. The Morgan fingerprint density at radius 3 is 2.38 bits per heavy atom. The lowest BCUT2D eigenvalue weighted by molar-refractivity contribution is -0.384. The second-order valence-electron chi connectivity index (χ2n) is 9.54. The number of amides is 1. The van der Waals surface area contributed by atoms with Crippen molar-refractivity contribution in [2.45, 2.75) is 55.6 Å². The second kappa shape index (κ2) is 8.35. The van der Waals surface area contributed by atoms with Crippen molar-refractivity contribution in [3.8, 4) is 0 Å². The van der Waals surface area contributed by atoms with Crippen molar-refractivity contribution < 1.29 is 9.72 Å². The Hall–Kier alpha value is -2.68. The van der Waals surface area contributed by atoms with Crippen molar-refractivity contribution in [2.24, 2.45) is 17.8 Å². The summed E-state index contributed by atoms with van der Waals surface area (Å²) in [5.74, 6) is 3.53. The average Bonchev–Trinajstić information content (AvgIpc) is 3.15. The number of thioether (sulfide) groups is 1. The molecule has 1 aromatic heterocycles. The molecule has 9 heteroatoms. The largest absolute Gasteiger partial charge is 0.325 e. The SMILES string of the molecule is C=CCn1c(SCC(=O)Nc2ccc([N+](=O)[O-])cc2)nnc1C12CC3CC(CC(C3)C1)C2. The number of nitrogens with one attached hydrogen (secondary N) is 1. The number of anilines is 1. The van der Waals surface area contributed by atoms with Gasteiger partial charge in [0.25, 0.3) is 5.69 Å². The summed E-state index contributed by atoms with van der Waals surface area (Å²) in [6.07, 6.45) is 9.62. The van der Waals surface area contributed by atoms with E-state index < -0.39 is 4.92 Å². The predicted octanol–water partition coefficient (Wildman–Crippen LogP) is 4.57. The number of nitro benzene ring substituents is 1. The van der Waals surface area contributed by atoms with Crippen molar-refractivity contribution in [3.05, 3.63) is 52.9 Å². The van der Waals surface area contributed by atoms with Crippen LogP contribution in [0.25, 0.3) is 0 Å². The van der Waals surface area contributed by atoms with Crippen LogP contribution in [-0.2, 0) is 16.8 Å². The van der Waals surface area contributed by atoms with E-state index in [9.17, 15) is 14.9 Å². The van der Waals surface area contributed by atoms with E-state index in [1.807, 2.05) is 6.08 Å². The maximum atomic E-state index is 12.5. The Morgan fingerprint density at radius 1 is 1.19 bits per heavy atom. The standard InChI is InChI=1S/C23H27N5O3S/c1-2-7-27-21(23-11-15-8-16(12-23)10-17(9-15)13-23)25-26-22(27)32-14-20(29)24-18-3-5-19(6-4-18)28(30)31/h2-6,15-17H,1,7-14H2,(H,24,29). The molecular formula is C23H27N5O3S. The number of nitrogens with zero attached hydrogens (tertiary/aromatic N) is 4. The maximum Gasteiger partial charge on any atom is 0.269 e. The van der Waals surface area contributed by atoms with Gasteiger partial charge in [0, 0.05) is 29.8 Å². The summed E-state index contributed by atoms with van der Waals surface area (Å²) in [6, 6.07) is 5.82. The molecule has 32 heavy (non-hydrogen) atoms. The van der Waals surface area contributed by atoms with Crippen LogP contribution in [0.5, 0.6) is 0 Å². The lowest BCUT2D eigenvalue weighted by Crippen LogP contribution is -2.49. The minimum absolute atomic E-state index is 0.00731. The van der Waals surface area contributed by atoms with Crippen molar-refractivity contribution >= 4 is 29.0 Å². The smallest absolute Gasteiger partial charge is 0.269 e. The van der Waals surface area contributed by atoms with Crippen LogP contribution in [0, 0.1) is 27.9 Å². The van der Waals surface area contributed by atoms with Crippen LogP contribution in [0.15, 0.2) is 42.1 Å². The molecule has 4 bridgehead atoms. The topological polar surface area (TPSA) is 103 Å². The molecule has 0 unspecified atom stereocenters. The highest BCUT2D eigenvalue weighted by molar-refractivity contribution is 7.99. The van der Waals surface area contributed by atoms with Gasteiger partial charge in [-0.15, -0.1) is 16.8 Å².